The van der Waals surface area contributed by atoms with E-state index >= 15 is 0 Å². The number of carbonyl (C=O) groups excluding carboxylic acids is 1. The Balaban J connectivity index is 1.81. The molecule has 3 atom stereocenters. The highest BCUT2D eigenvalue weighted by atomic mass is 16.5. The largest absolute Gasteiger partial charge is 0.461 e. The summed E-state index contributed by atoms with van der Waals surface area (Å²) in [6.07, 6.45) is 5.56. The van der Waals surface area contributed by atoms with Crippen LogP contribution in [0, 0.1) is 11.8 Å². The van der Waals surface area contributed by atoms with Crippen LogP contribution < -0.4 is 5.32 Å². The third-order valence-electron chi connectivity index (χ3n) is 3.76. The molecule has 2 rings (SSSR count). The summed E-state index contributed by atoms with van der Waals surface area (Å²) >= 11 is 0. The van der Waals surface area contributed by atoms with Crippen LogP contribution in [-0.4, -0.2) is 24.7 Å². The molecule has 1 saturated heterocycles. The van der Waals surface area contributed by atoms with E-state index in [0.717, 1.165) is 32.2 Å². The van der Waals surface area contributed by atoms with Gasteiger partial charge in [0.05, 0.1) is 0 Å². The number of rotatable bonds is 2. The second kappa shape index (κ2) is 5.17. The second-order valence-electron chi connectivity index (χ2n) is 5.63. The highest BCUT2D eigenvalue weighted by molar-refractivity contribution is 5.76. The smallest absolute Gasteiger partial charge is 0.323 e. The van der Waals surface area contributed by atoms with E-state index in [-0.39, 0.29) is 18.1 Å². The van der Waals surface area contributed by atoms with E-state index in [0.29, 0.717) is 11.8 Å². The van der Waals surface area contributed by atoms with Crippen molar-refractivity contribution in [1.29, 1.82) is 0 Å². The quantitative estimate of drug-likeness (QED) is 0.731. The van der Waals surface area contributed by atoms with Crippen molar-refractivity contribution in [1.82, 2.24) is 5.32 Å². The van der Waals surface area contributed by atoms with Crippen LogP contribution >= 0.6 is 0 Å². The summed E-state index contributed by atoms with van der Waals surface area (Å²) in [4.78, 5) is 11.8. The van der Waals surface area contributed by atoms with E-state index in [4.69, 9.17) is 4.74 Å². The third kappa shape index (κ3) is 2.97. The monoisotopic (exact) mass is 225 g/mol. The molecule has 2 unspecified atom stereocenters. The maximum Gasteiger partial charge on any atom is 0.323 e. The molecule has 0 aromatic rings. The minimum Gasteiger partial charge on any atom is -0.461 e. The molecule has 2 aliphatic rings. The first-order chi connectivity index (χ1) is 7.65. The summed E-state index contributed by atoms with van der Waals surface area (Å²) < 4.78 is 5.61. The van der Waals surface area contributed by atoms with Crippen LogP contribution in [-0.2, 0) is 9.53 Å². The molecule has 1 heterocycles. The number of carbonyl (C=O) groups is 1. The van der Waals surface area contributed by atoms with Crippen LogP contribution in [0.2, 0.25) is 0 Å². The summed E-state index contributed by atoms with van der Waals surface area (Å²) in [5.74, 6) is 1.36. The van der Waals surface area contributed by atoms with Gasteiger partial charge < -0.3 is 10.1 Å². The fourth-order valence-corrected chi connectivity index (χ4v) is 3.10. The molecule has 0 aromatic heterocycles. The summed E-state index contributed by atoms with van der Waals surface area (Å²) in [5.41, 5.74) is 0. The van der Waals surface area contributed by atoms with Crippen molar-refractivity contribution in [3.63, 3.8) is 0 Å². The Morgan fingerprint density at radius 3 is 2.44 bits per heavy atom. The zero-order valence-electron chi connectivity index (χ0n) is 10.4. The number of esters is 1. The topological polar surface area (TPSA) is 38.3 Å². The average molecular weight is 225 g/mol. The Morgan fingerprint density at radius 2 is 1.88 bits per heavy atom. The Hall–Kier alpha value is -0.570. The van der Waals surface area contributed by atoms with Crippen molar-refractivity contribution >= 4 is 5.97 Å². The SMILES string of the molecule is CC1CC(C)CC(OC(=O)[C@H]2CCCN2)C1. The minimum atomic E-state index is -0.0347. The number of nitrogens with one attached hydrogen (secondary N) is 1. The normalized spacial score (nSPS) is 39.6. The van der Waals surface area contributed by atoms with Crippen LogP contribution in [0.5, 0.6) is 0 Å². The second-order valence-corrected chi connectivity index (χ2v) is 5.63. The fraction of sp³-hybridized carbons (Fsp3) is 0.923. The van der Waals surface area contributed by atoms with Gasteiger partial charge in [-0.05, 0) is 50.5 Å². The molecule has 0 radical (unpaired) electrons. The van der Waals surface area contributed by atoms with Gasteiger partial charge in [-0.15, -0.1) is 0 Å². The van der Waals surface area contributed by atoms with Gasteiger partial charge >= 0.3 is 5.97 Å². The van der Waals surface area contributed by atoms with Gasteiger partial charge in [-0.1, -0.05) is 13.8 Å². The van der Waals surface area contributed by atoms with Crippen LogP contribution in [0.15, 0.2) is 0 Å². The number of ether oxygens (including phenoxy) is 1. The van der Waals surface area contributed by atoms with Crippen LogP contribution in [0.4, 0.5) is 0 Å². The molecule has 1 N–H and O–H groups in total. The molecular weight excluding hydrogens is 202 g/mol. The standard InChI is InChI=1S/C13H23NO2/c1-9-6-10(2)8-11(7-9)16-13(15)12-4-3-5-14-12/h9-12,14H,3-8H2,1-2H3/t9?,10?,11?,12-/m1/s1. The molecule has 2 fully saturated rings. The molecule has 3 heteroatoms. The van der Waals surface area contributed by atoms with Gasteiger partial charge in [-0.3, -0.25) is 4.79 Å². The molecule has 0 spiro atoms. The van der Waals surface area contributed by atoms with E-state index in [2.05, 4.69) is 19.2 Å². The van der Waals surface area contributed by atoms with Crippen molar-refractivity contribution in [2.45, 2.75) is 58.1 Å². The van der Waals surface area contributed by atoms with Gasteiger partial charge in [0.2, 0.25) is 0 Å². The lowest BCUT2D eigenvalue weighted by atomic mass is 9.82. The van der Waals surface area contributed by atoms with Crippen LogP contribution in [0.1, 0.15) is 46.0 Å². The lowest BCUT2D eigenvalue weighted by Crippen LogP contribution is -2.37. The molecule has 1 aliphatic heterocycles. The first kappa shape index (κ1) is 11.9. The average Bonchev–Trinajstić information content (AvgIpc) is 2.68. The predicted octanol–water partition coefficient (Wildman–Crippen LogP) is 2.11. The van der Waals surface area contributed by atoms with Gasteiger partial charge in [-0.2, -0.15) is 0 Å². The summed E-state index contributed by atoms with van der Waals surface area (Å²) in [7, 11) is 0. The first-order valence-corrected chi connectivity index (χ1v) is 6.59. The molecular formula is C13H23NO2. The molecule has 16 heavy (non-hydrogen) atoms. The van der Waals surface area contributed by atoms with E-state index in [9.17, 15) is 4.79 Å². The van der Waals surface area contributed by atoms with E-state index in [1.807, 2.05) is 0 Å². The Kier molecular flexibility index (Phi) is 3.85. The van der Waals surface area contributed by atoms with Gasteiger partial charge in [0.15, 0.2) is 0 Å². The van der Waals surface area contributed by atoms with Crippen LogP contribution in [0.25, 0.3) is 0 Å². The lowest BCUT2D eigenvalue weighted by Gasteiger charge is -2.31. The molecule has 1 saturated carbocycles. The molecule has 1 aliphatic carbocycles. The van der Waals surface area contributed by atoms with Gasteiger partial charge in [-0.25, -0.2) is 0 Å². The zero-order valence-corrected chi connectivity index (χ0v) is 10.4. The Labute approximate surface area is 97.9 Å². The van der Waals surface area contributed by atoms with Crippen molar-refractivity contribution in [3.8, 4) is 0 Å². The zero-order chi connectivity index (χ0) is 11.5. The highest BCUT2D eigenvalue weighted by Gasteiger charge is 2.30. The van der Waals surface area contributed by atoms with E-state index < -0.39 is 0 Å². The molecule has 0 bridgehead atoms. The lowest BCUT2D eigenvalue weighted by molar-refractivity contribution is -0.154. The molecule has 92 valence electrons. The van der Waals surface area contributed by atoms with Crippen LogP contribution in [0.3, 0.4) is 0 Å². The Morgan fingerprint density at radius 1 is 1.19 bits per heavy atom. The van der Waals surface area contributed by atoms with Crippen molar-refractivity contribution in [3.05, 3.63) is 0 Å². The first-order valence-electron chi connectivity index (χ1n) is 6.59. The summed E-state index contributed by atoms with van der Waals surface area (Å²) in [6, 6.07) is -0.0347. The predicted molar refractivity (Wildman–Crippen MR) is 63.1 cm³/mol. The van der Waals surface area contributed by atoms with Crippen molar-refractivity contribution in [2.75, 3.05) is 6.54 Å². The highest BCUT2D eigenvalue weighted by Crippen LogP contribution is 2.30. The minimum absolute atomic E-state index is 0.0243. The fourth-order valence-electron chi connectivity index (χ4n) is 3.10. The van der Waals surface area contributed by atoms with E-state index in [1.54, 1.807) is 0 Å². The van der Waals surface area contributed by atoms with Gasteiger partial charge in [0.1, 0.15) is 12.1 Å². The summed E-state index contributed by atoms with van der Waals surface area (Å²) in [6.45, 7) is 5.46. The van der Waals surface area contributed by atoms with Gasteiger partial charge in [0, 0.05) is 0 Å². The van der Waals surface area contributed by atoms with Gasteiger partial charge in [0.25, 0.3) is 0 Å². The Bertz CT molecular complexity index is 238. The van der Waals surface area contributed by atoms with Crippen molar-refractivity contribution < 1.29 is 9.53 Å². The maximum absolute atomic E-state index is 11.8. The van der Waals surface area contributed by atoms with Crippen molar-refractivity contribution in [2.24, 2.45) is 11.8 Å². The summed E-state index contributed by atoms with van der Waals surface area (Å²) in [5, 5.41) is 3.19. The maximum atomic E-state index is 11.8. The molecule has 0 aromatic carbocycles. The number of hydrogen-bond acceptors (Lipinski definition) is 3. The molecule has 3 nitrogen and oxygen atoms in total. The third-order valence-corrected chi connectivity index (χ3v) is 3.76. The molecule has 0 amide bonds. The number of hydrogen-bond donors (Lipinski definition) is 1. The van der Waals surface area contributed by atoms with E-state index in [1.165, 1.54) is 6.42 Å².